The van der Waals surface area contributed by atoms with E-state index >= 15 is 0 Å². The van der Waals surface area contributed by atoms with Crippen LogP contribution < -0.4 is 0 Å². The van der Waals surface area contributed by atoms with Gasteiger partial charge in [0.25, 0.3) is 0 Å². The zero-order valence-electron chi connectivity index (χ0n) is 10.5. The van der Waals surface area contributed by atoms with E-state index in [1.807, 2.05) is 0 Å². The minimum Gasteiger partial charge on any atom is -0.340 e. The number of nitrogens with zero attached hydrogens (tertiary/aromatic N) is 1. The van der Waals surface area contributed by atoms with Crippen LogP contribution in [0.4, 0.5) is 0 Å². The van der Waals surface area contributed by atoms with Crippen LogP contribution in [0.3, 0.4) is 0 Å². The minimum atomic E-state index is -3.34. The predicted octanol–water partition coefficient (Wildman–Crippen LogP) is 1.43. The van der Waals surface area contributed by atoms with Crippen molar-refractivity contribution in [3.63, 3.8) is 0 Å². The van der Waals surface area contributed by atoms with E-state index in [4.69, 9.17) is 11.6 Å². The van der Waals surface area contributed by atoms with Gasteiger partial charge in [0.05, 0.1) is 5.38 Å². The van der Waals surface area contributed by atoms with Gasteiger partial charge in [-0.05, 0) is 19.8 Å². The highest BCUT2D eigenvalue weighted by atomic mass is 35.5. The lowest BCUT2D eigenvalue weighted by molar-refractivity contribution is -0.131. The first-order valence-corrected chi connectivity index (χ1v) is 8.24. The normalized spacial score (nSPS) is 27.5. The van der Waals surface area contributed by atoms with Crippen LogP contribution in [0.2, 0.25) is 0 Å². The molecule has 4 nitrogen and oxygen atoms in total. The zero-order valence-corrected chi connectivity index (χ0v) is 12.1. The summed E-state index contributed by atoms with van der Waals surface area (Å²) in [6.45, 7) is 1.43. The third kappa shape index (κ3) is 3.58. The number of alkyl halides is 1. The van der Waals surface area contributed by atoms with Crippen molar-refractivity contribution in [3.05, 3.63) is 0 Å². The van der Waals surface area contributed by atoms with Crippen molar-refractivity contribution in [1.82, 2.24) is 4.90 Å². The fourth-order valence-electron chi connectivity index (χ4n) is 2.14. The molecule has 1 fully saturated rings. The second kappa shape index (κ2) is 5.57. The second-order valence-electron chi connectivity index (χ2n) is 4.79. The lowest BCUT2D eigenvalue weighted by Gasteiger charge is -2.35. The topological polar surface area (TPSA) is 54.5 Å². The Morgan fingerprint density at radius 3 is 2.35 bits per heavy atom. The lowest BCUT2D eigenvalue weighted by Crippen LogP contribution is -2.49. The van der Waals surface area contributed by atoms with Crippen molar-refractivity contribution in [2.24, 2.45) is 0 Å². The average Bonchev–Trinajstić information content (AvgIpc) is 2.25. The molecule has 0 bridgehead atoms. The summed E-state index contributed by atoms with van der Waals surface area (Å²) in [4.78, 5) is 13.5. The molecule has 1 amide bonds. The minimum absolute atomic E-state index is 0.0397. The van der Waals surface area contributed by atoms with Gasteiger partial charge >= 0.3 is 0 Å². The summed E-state index contributed by atoms with van der Waals surface area (Å²) in [6.07, 6.45) is 4.94. The molecule has 0 saturated heterocycles. The first kappa shape index (κ1) is 14.8. The van der Waals surface area contributed by atoms with Crippen LogP contribution >= 0.6 is 11.6 Å². The Labute approximate surface area is 108 Å². The molecule has 1 aliphatic rings. The number of halogens is 1. The monoisotopic (exact) mass is 281 g/mol. The van der Waals surface area contributed by atoms with Gasteiger partial charge in [-0.1, -0.05) is 12.8 Å². The first-order valence-electron chi connectivity index (χ1n) is 5.84. The molecule has 0 heterocycles. The highest BCUT2D eigenvalue weighted by molar-refractivity contribution is 7.92. The van der Waals surface area contributed by atoms with Gasteiger partial charge in [0.2, 0.25) is 5.91 Å². The van der Waals surface area contributed by atoms with Gasteiger partial charge in [-0.25, -0.2) is 8.42 Å². The Hall–Kier alpha value is -0.290. The smallest absolute Gasteiger partial charge is 0.240 e. The molecule has 0 aromatic rings. The van der Waals surface area contributed by atoms with Crippen molar-refractivity contribution < 1.29 is 13.2 Å². The van der Waals surface area contributed by atoms with Crippen molar-refractivity contribution in [2.75, 3.05) is 13.3 Å². The van der Waals surface area contributed by atoms with Crippen molar-refractivity contribution >= 4 is 27.3 Å². The number of sulfone groups is 1. The third-order valence-electron chi connectivity index (χ3n) is 3.48. The van der Waals surface area contributed by atoms with Crippen molar-refractivity contribution in [3.8, 4) is 0 Å². The fourth-order valence-corrected chi connectivity index (χ4v) is 3.12. The SMILES string of the molecule is CC(C(=O)N(C)C1CCCCC1Cl)S(C)(=O)=O. The van der Waals surface area contributed by atoms with Gasteiger partial charge in [-0.2, -0.15) is 0 Å². The Morgan fingerprint density at radius 2 is 1.88 bits per heavy atom. The largest absolute Gasteiger partial charge is 0.340 e. The summed E-state index contributed by atoms with van der Waals surface area (Å²) in [5.74, 6) is -0.356. The molecule has 3 unspecified atom stereocenters. The molecule has 0 radical (unpaired) electrons. The molecule has 0 N–H and O–H groups in total. The number of carbonyl (C=O) groups is 1. The molecule has 0 aromatic carbocycles. The fraction of sp³-hybridized carbons (Fsp3) is 0.909. The molecule has 0 spiro atoms. The molecule has 1 aliphatic carbocycles. The Bertz CT molecular complexity index is 382. The van der Waals surface area contributed by atoms with Crippen molar-refractivity contribution in [1.29, 1.82) is 0 Å². The van der Waals surface area contributed by atoms with Gasteiger partial charge in [-0.15, -0.1) is 11.6 Å². The van der Waals surface area contributed by atoms with Crippen LogP contribution in [-0.4, -0.2) is 49.2 Å². The molecule has 6 heteroatoms. The Kier molecular flexibility index (Phi) is 4.84. The first-order chi connectivity index (χ1) is 7.75. The number of hydrogen-bond donors (Lipinski definition) is 0. The number of rotatable bonds is 3. The molecular formula is C11H20ClNO3S. The summed E-state index contributed by atoms with van der Waals surface area (Å²) >= 11 is 6.20. The van der Waals surface area contributed by atoms with E-state index in [0.717, 1.165) is 31.9 Å². The standard InChI is InChI=1S/C11H20ClNO3S/c1-8(17(3,15)16)11(14)13(2)10-7-5-4-6-9(10)12/h8-10H,4-7H2,1-3H3. The van der Waals surface area contributed by atoms with E-state index in [2.05, 4.69) is 0 Å². The van der Waals surface area contributed by atoms with E-state index in [0.29, 0.717) is 0 Å². The van der Waals surface area contributed by atoms with Crippen LogP contribution in [0.5, 0.6) is 0 Å². The lowest BCUT2D eigenvalue weighted by atomic mass is 9.94. The van der Waals surface area contributed by atoms with Crippen LogP contribution in [0.1, 0.15) is 32.6 Å². The van der Waals surface area contributed by atoms with Gasteiger partial charge in [0.15, 0.2) is 9.84 Å². The Morgan fingerprint density at radius 1 is 1.35 bits per heavy atom. The summed E-state index contributed by atoms with van der Waals surface area (Å²) in [5.41, 5.74) is 0. The maximum absolute atomic E-state index is 12.0. The third-order valence-corrected chi connectivity index (χ3v) is 5.48. The number of hydrogen-bond acceptors (Lipinski definition) is 3. The predicted molar refractivity (Wildman–Crippen MR) is 69.0 cm³/mol. The molecule has 1 saturated carbocycles. The van der Waals surface area contributed by atoms with Crippen LogP contribution in [0.15, 0.2) is 0 Å². The molecule has 3 atom stereocenters. The van der Waals surface area contributed by atoms with Gasteiger partial charge in [0, 0.05) is 19.3 Å². The van der Waals surface area contributed by atoms with E-state index in [1.165, 1.54) is 11.8 Å². The second-order valence-corrected chi connectivity index (χ2v) is 7.72. The number of carbonyl (C=O) groups excluding carboxylic acids is 1. The zero-order chi connectivity index (χ0) is 13.2. The van der Waals surface area contributed by atoms with E-state index < -0.39 is 15.1 Å². The van der Waals surface area contributed by atoms with Gasteiger partial charge < -0.3 is 4.90 Å². The van der Waals surface area contributed by atoms with Crippen LogP contribution in [0, 0.1) is 0 Å². The molecule has 17 heavy (non-hydrogen) atoms. The summed E-state index contributed by atoms with van der Waals surface area (Å²) in [7, 11) is -1.69. The Balaban J connectivity index is 2.75. The summed E-state index contributed by atoms with van der Waals surface area (Å²) in [6, 6.07) is -0.0397. The number of amides is 1. The van der Waals surface area contributed by atoms with Crippen molar-refractivity contribution in [2.45, 2.75) is 49.3 Å². The maximum Gasteiger partial charge on any atom is 0.240 e. The molecule has 0 aliphatic heterocycles. The maximum atomic E-state index is 12.0. The summed E-state index contributed by atoms with van der Waals surface area (Å²) in [5, 5.41) is -1.05. The van der Waals surface area contributed by atoms with E-state index in [-0.39, 0.29) is 17.3 Å². The highest BCUT2D eigenvalue weighted by Gasteiger charge is 2.34. The molecule has 1 rings (SSSR count). The molecular weight excluding hydrogens is 262 g/mol. The highest BCUT2D eigenvalue weighted by Crippen LogP contribution is 2.27. The van der Waals surface area contributed by atoms with Crippen LogP contribution in [-0.2, 0) is 14.6 Å². The quantitative estimate of drug-likeness (QED) is 0.736. The van der Waals surface area contributed by atoms with E-state index in [9.17, 15) is 13.2 Å². The van der Waals surface area contributed by atoms with Crippen LogP contribution in [0.25, 0.3) is 0 Å². The van der Waals surface area contributed by atoms with E-state index in [1.54, 1.807) is 7.05 Å². The van der Waals surface area contributed by atoms with Gasteiger partial charge in [-0.3, -0.25) is 4.79 Å². The molecule has 100 valence electrons. The summed E-state index contributed by atoms with van der Waals surface area (Å²) < 4.78 is 22.7. The van der Waals surface area contributed by atoms with Gasteiger partial charge in [0.1, 0.15) is 5.25 Å². The average molecular weight is 282 g/mol. The molecule has 0 aromatic heterocycles.